The van der Waals surface area contributed by atoms with Gasteiger partial charge in [-0.05, 0) is 33.1 Å². The highest BCUT2D eigenvalue weighted by molar-refractivity contribution is 5.92. The van der Waals surface area contributed by atoms with Crippen molar-refractivity contribution in [1.82, 2.24) is 0 Å². The quantitative estimate of drug-likeness (QED) is 0.553. The molecular formula is C10H19N. The van der Waals surface area contributed by atoms with Gasteiger partial charge in [-0.15, -0.1) is 0 Å². The molecule has 0 unspecified atom stereocenters. The van der Waals surface area contributed by atoms with E-state index in [4.69, 9.17) is 0 Å². The SMILES string of the molecule is CC/C(=N\C(C)C)C1(C)CC1. The van der Waals surface area contributed by atoms with E-state index < -0.39 is 0 Å². The molecule has 0 aromatic rings. The monoisotopic (exact) mass is 153 g/mol. The Bertz CT molecular complexity index is 164. The number of hydrogen-bond donors (Lipinski definition) is 0. The van der Waals surface area contributed by atoms with Gasteiger partial charge in [-0.25, -0.2) is 0 Å². The van der Waals surface area contributed by atoms with Crippen molar-refractivity contribution in [3.05, 3.63) is 0 Å². The van der Waals surface area contributed by atoms with E-state index in [0.29, 0.717) is 11.5 Å². The fourth-order valence-corrected chi connectivity index (χ4v) is 1.46. The molecular weight excluding hydrogens is 134 g/mol. The number of hydrogen-bond acceptors (Lipinski definition) is 1. The summed E-state index contributed by atoms with van der Waals surface area (Å²) in [5.74, 6) is 0. The zero-order valence-electron chi connectivity index (χ0n) is 8.15. The van der Waals surface area contributed by atoms with Crippen molar-refractivity contribution in [2.24, 2.45) is 10.4 Å². The van der Waals surface area contributed by atoms with Crippen LogP contribution in [0.3, 0.4) is 0 Å². The van der Waals surface area contributed by atoms with E-state index in [2.05, 4.69) is 32.7 Å². The Balaban J connectivity index is 2.63. The third-order valence-electron chi connectivity index (χ3n) is 2.45. The molecule has 1 nitrogen and oxygen atoms in total. The highest BCUT2D eigenvalue weighted by atomic mass is 14.8. The third kappa shape index (κ3) is 2.05. The van der Waals surface area contributed by atoms with Gasteiger partial charge in [0.25, 0.3) is 0 Å². The molecule has 0 atom stereocenters. The van der Waals surface area contributed by atoms with E-state index in [9.17, 15) is 0 Å². The van der Waals surface area contributed by atoms with E-state index in [0.717, 1.165) is 6.42 Å². The van der Waals surface area contributed by atoms with Crippen molar-refractivity contribution >= 4 is 5.71 Å². The first kappa shape index (κ1) is 8.76. The fourth-order valence-electron chi connectivity index (χ4n) is 1.46. The summed E-state index contributed by atoms with van der Waals surface area (Å²) in [5.41, 5.74) is 1.94. The van der Waals surface area contributed by atoms with Crippen LogP contribution in [-0.2, 0) is 0 Å². The summed E-state index contributed by atoms with van der Waals surface area (Å²) in [7, 11) is 0. The average molecular weight is 153 g/mol. The summed E-state index contributed by atoms with van der Waals surface area (Å²) < 4.78 is 0. The lowest BCUT2D eigenvalue weighted by Crippen LogP contribution is -2.13. The Kier molecular flexibility index (Phi) is 2.36. The van der Waals surface area contributed by atoms with Gasteiger partial charge in [0.05, 0.1) is 0 Å². The summed E-state index contributed by atoms with van der Waals surface area (Å²) in [6.45, 7) is 8.85. The molecule has 0 radical (unpaired) electrons. The zero-order valence-corrected chi connectivity index (χ0v) is 8.15. The molecule has 0 spiro atoms. The van der Waals surface area contributed by atoms with Crippen LogP contribution in [0.2, 0.25) is 0 Å². The van der Waals surface area contributed by atoms with Gasteiger partial charge in [-0.2, -0.15) is 0 Å². The predicted octanol–water partition coefficient (Wildman–Crippen LogP) is 3.05. The van der Waals surface area contributed by atoms with Crippen molar-refractivity contribution in [3.8, 4) is 0 Å². The van der Waals surface area contributed by atoms with Gasteiger partial charge in [0.15, 0.2) is 0 Å². The van der Waals surface area contributed by atoms with Gasteiger partial charge in [0.2, 0.25) is 0 Å². The molecule has 0 aliphatic heterocycles. The van der Waals surface area contributed by atoms with Crippen molar-refractivity contribution < 1.29 is 0 Å². The van der Waals surface area contributed by atoms with Gasteiger partial charge in [0, 0.05) is 17.2 Å². The zero-order chi connectivity index (χ0) is 8.48. The van der Waals surface area contributed by atoms with Gasteiger partial charge >= 0.3 is 0 Å². The maximum atomic E-state index is 4.65. The van der Waals surface area contributed by atoms with E-state index in [1.807, 2.05) is 0 Å². The van der Waals surface area contributed by atoms with Crippen LogP contribution in [0.1, 0.15) is 47.0 Å². The molecule has 0 amide bonds. The Labute approximate surface area is 69.9 Å². The van der Waals surface area contributed by atoms with Crippen molar-refractivity contribution in [1.29, 1.82) is 0 Å². The summed E-state index contributed by atoms with van der Waals surface area (Å²) in [6.07, 6.45) is 3.84. The maximum absolute atomic E-state index is 4.65. The van der Waals surface area contributed by atoms with Crippen LogP contribution in [-0.4, -0.2) is 11.8 Å². The fraction of sp³-hybridized carbons (Fsp3) is 0.900. The second kappa shape index (κ2) is 2.96. The molecule has 1 fully saturated rings. The smallest absolute Gasteiger partial charge is 0.0442 e. The molecule has 0 bridgehead atoms. The molecule has 1 rings (SSSR count). The minimum atomic E-state index is 0.474. The van der Waals surface area contributed by atoms with Gasteiger partial charge < -0.3 is 0 Å². The minimum absolute atomic E-state index is 0.474. The van der Waals surface area contributed by atoms with Gasteiger partial charge in [-0.1, -0.05) is 13.8 Å². The summed E-state index contributed by atoms with van der Waals surface area (Å²) in [5, 5.41) is 0. The molecule has 0 heterocycles. The number of nitrogens with zero attached hydrogens (tertiary/aromatic N) is 1. The topological polar surface area (TPSA) is 12.4 Å². The first-order valence-electron chi connectivity index (χ1n) is 4.65. The van der Waals surface area contributed by atoms with Crippen molar-refractivity contribution in [2.45, 2.75) is 53.0 Å². The van der Waals surface area contributed by atoms with Crippen LogP contribution in [0.5, 0.6) is 0 Å². The summed E-state index contributed by atoms with van der Waals surface area (Å²) >= 11 is 0. The molecule has 1 saturated carbocycles. The molecule has 64 valence electrons. The van der Waals surface area contributed by atoms with Gasteiger partial charge in [0.1, 0.15) is 0 Å². The standard InChI is InChI=1S/C10H19N/c1-5-9(11-8(2)3)10(4)6-7-10/h8H,5-7H2,1-4H3/b11-9+. The van der Waals surface area contributed by atoms with Crippen LogP contribution in [0.25, 0.3) is 0 Å². The maximum Gasteiger partial charge on any atom is 0.0442 e. The van der Waals surface area contributed by atoms with Crippen molar-refractivity contribution in [3.63, 3.8) is 0 Å². The summed E-state index contributed by atoms with van der Waals surface area (Å²) in [6, 6.07) is 0.474. The minimum Gasteiger partial charge on any atom is -0.291 e. The number of rotatable bonds is 3. The molecule has 0 aromatic heterocycles. The van der Waals surface area contributed by atoms with E-state index in [1.54, 1.807) is 0 Å². The lowest BCUT2D eigenvalue weighted by Gasteiger charge is -2.12. The van der Waals surface area contributed by atoms with Crippen molar-refractivity contribution in [2.75, 3.05) is 0 Å². The second-order valence-corrected chi connectivity index (χ2v) is 4.08. The first-order valence-corrected chi connectivity index (χ1v) is 4.65. The van der Waals surface area contributed by atoms with Crippen LogP contribution in [0, 0.1) is 5.41 Å². The normalized spacial score (nSPS) is 22.5. The second-order valence-electron chi connectivity index (χ2n) is 4.08. The lowest BCUT2D eigenvalue weighted by molar-refractivity contribution is 0.740. The van der Waals surface area contributed by atoms with E-state index in [1.165, 1.54) is 18.6 Å². The largest absolute Gasteiger partial charge is 0.291 e. The highest BCUT2D eigenvalue weighted by Gasteiger charge is 2.41. The molecule has 11 heavy (non-hydrogen) atoms. The third-order valence-corrected chi connectivity index (χ3v) is 2.45. The highest BCUT2D eigenvalue weighted by Crippen LogP contribution is 2.47. The van der Waals surface area contributed by atoms with E-state index >= 15 is 0 Å². The molecule has 1 aliphatic carbocycles. The first-order chi connectivity index (χ1) is 5.08. The average Bonchev–Trinajstić information content (AvgIpc) is 2.63. The van der Waals surface area contributed by atoms with E-state index in [-0.39, 0.29) is 0 Å². The number of aliphatic imine (C=N–C) groups is 1. The molecule has 0 aromatic carbocycles. The Morgan fingerprint density at radius 2 is 2.00 bits per heavy atom. The molecule has 1 aliphatic rings. The Morgan fingerprint density at radius 1 is 1.45 bits per heavy atom. The molecule has 0 N–H and O–H groups in total. The van der Waals surface area contributed by atoms with Crippen LogP contribution < -0.4 is 0 Å². The van der Waals surface area contributed by atoms with Crippen LogP contribution in [0.4, 0.5) is 0 Å². The Hall–Kier alpha value is -0.330. The predicted molar refractivity (Wildman–Crippen MR) is 50.2 cm³/mol. The molecule has 0 saturated heterocycles. The van der Waals surface area contributed by atoms with Crippen LogP contribution >= 0.6 is 0 Å². The molecule has 1 heteroatoms. The lowest BCUT2D eigenvalue weighted by atomic mass is 10.0. The van der Waals surface area contributed by atoms with Crippen LogP contribution in [0.15, 0.2) is 4.99 Å². The summed E-state index contributed by atoms with van der Waals surface area (Å²) in [4.78, 5) is 4.65. The Morgan fingerprint density at radius 3 is 2.27 bits per heavy atom. The van der Waals surface area contributed by atoms with Gasteiger partial charge in [-0.3, -0.25) is 4.99 Å².